The Morgan fingerprint density at radius 1 is 1.06 bits per heavy atom. The van der Waals surface area contributed by atoms with E-state index in [9.17, 15) is 13.9 Å². The molecule has 8 heteroatoms. The molecule has 3 N–H and O–H groups in total. The standard InChI is InChI=1S/C28H29F2N5O/c1-15-8-18(11-24(31)28(15)36)21-6-7-32-13-19(21)12-26-33-14-20-4-5-25(34-35(20)26)27-22(29)9-17(10-23(27)30)16-2-3-16/h4-7,9-10,13-16,18,24,28,36H,2-3,8,11-12,31H2,1H3/t15-,18+,24+,28+/m0/s1. The summed E-state index contributed by atoms with van der Waals surface area (Å²) in [7, 11) is 0. The molecule has 6 rings (SSSR count). The number of aliphatic hydroxyl groups excluding tert-OH is 1. The van der Waals surface area contributed by atoms with Crippen LogP contribution in [0.5, 0.6) is 0 Å². The van der Waals surface area contributed by atoms with E-state index in [4.69, 9.17) is 5.73 Å². The number of aromatic nitrogens is 4. The zero-order valence-electron chi connectivity index (χ0n) is 20.1. The van der Waals surface area contributed by atoms with E-state index in [1.807, 2.05) is 19.2 Å². The van der Waals surface area contributed by atoms with Crippen molar-refractivity contribution in [2.45, 2.75) is 63.0 Å². The number of halogens is 2. The monoisotopic (exact) mass is 489 g/mol. The number of benzene rings is 1. The van der Waals surface area contributed by atoms with Crippen LogP contribution in [0.25, 0.3) is 16.8 Å². The number of pyridine rings is 1. The highest BCUT2D eigenvalue weighted by atomic mass is 19.1. The molecule has 0 radical (unpaired) electrons. The van der Waals surface area contributed by atoms with Crippen LogP contribution in [0.4, 0.5) is 8.78 Å². The second-order valence-corrected chi connectivity index (χ2v) is 10.4. The molecule has 0 bridgehead atoms. The summed E-state index contributed by atoms with van der Waals surface area (Å²) in [6, 6.07) is 8.02. The fraction of sp³-hybridized carbons (Fsp3) is 0.393. The molecule has 0 aliphatic heterocycles. The van der Waals surface area contributed by atoms with E-state index in [-0.39, 0.29) is 35.1 Å². The number of aliphatic hydroxyl groups is 1. The largest absolute Gasteiger partial charge is 0.391 e. The van der Waals surface area contributed by atoms with Crippen LogP contribution in [-0.2, 0) is 6.42 Å². The van der Waals surface area contributed by atoms with Crippen LogP contribution in [0.15, 0.2) is 48.9 Å². The van der Waals surface area contributed by atoms with Crippen LogP contribution in [0.1, 0.15) is 67.0 Å². The first-order valence-electron chi connectivity index (χ1n) is 12.6. The van der Waals surface area contributed by atoms with Crippen molar-refractivity contribution in [3.8, 4) is 11.3 Å². The van der Waals surface area contributed by atoms with Gasteiger partial charge in [-0.1, -0.05) is 6.92 Å². The third-order valence-electron chi connectivity index (χ3n) is 7.79. The van der Waals surface area contributed by atoms with E-state index in [0.717, 1.165) is 35.9 Å². The van der Waals surface area contributed by atoms with Gasteiger partial charge in [0.1, 0.15) is 17.5 Å². The maximum Gasteiger partial charge on any atom is 0.135 e. The molecule has 0 amide bonds. The molecule has 4 aromatic rings. The molecule has 2 aliphatic rings. The lowest BCUT2D eigenvalue weighted by molar-refractivity contribution is 0.0519. The van der Waals surface area contributed by atoms with Gasteiger partial charge in [0.15, 0.2) is 0 Å². The summed E-state index contributed by atoms with van der Waals surface area (Å²) < 4.78 is 31.6. The van der Waals surface area contributed by atoms with Crippen LogP contribution in [0.2, 0.25) is 0 Å². The molecule has 186 valence electrons. The summed E-state index contributed by atoms with van der Waals surface area (Å²) in [6.45, 7) is 2.03. The third-order valence-corrected chi connectivity index (χ3v) is 7.79. The van der Waals surface area contributed by atoms with Gasteiger partial charge in [0.05, 0.1) is 29.1 Å². The molecule has 4 atom stereocenters. The Balaban J connectivity index is 1.34. The van der Waals surface area contributed by atoms with E-state index in [0.29, 0.717) is 24.2 Å². The molecule has 2 aliphatic carbocycles. The number of hydrogen-bond acceptors (Lipinski definition) is 5. The van der Waals surface area contributed by atoms with Gasteiger partial charge in [0.2, 0.25) is 0 Å². The van der Waals surface area contributed by atoms with Gasteiger partial charge in [0.25, 0.3) is 0 Å². The lowest BCUT2D eigenvalue weighted by Gasteiger charge is -2.36. The minimum absolute atomic E-state index is 0.104. The minimum atomic E-state index is -0.593. The summed E-state index contributed by atoms with van der Waals surface area (Å²) in [5.74, 6) is 0.0450. The van der Waals surface area contributed by atoms with Gasteiger partial charge < -0.3 is 10.8 Å². The number of hydrogen-bond donors (Lipinski definition) is 2. The van der Waals surface area contributed by atoms with Crippen LogP contribution in [-0.4, -0.2) is 36.8 Å². The van der Waals surface area contributed by atoms with Crippen molar-refractivity contribution in [1.82, 2.24) is 19.6 Å². The molecule has 2 saturated carbocycles. The number of nitrogens with zero attached hydrogens (tertiary/aromatic N) is 4. The Labute approximate surface area is 208 Å². The number of nitrogens with two attached hydrogens (primary N) is 1. The van der Waals surface area contributed by atoms with Crippen molar-refractivity contribution in [3.63, 3.8) is 0 Å². The van der Waals surface area contributed by atoms with Crippen LogP contribution in [0.3, 0.4) is 0 Å². The molecule has 3 aromatic heterocycles. The summed E-state index contributed by atoms with van der Waals surface area (Å²) >= 11 is 0. The Morgan fingerprint density at radius 2 is 1.83 bits per heavy atom. The van der Waals surface area contributed by atoms with E-state index >= 15 is 0 Å². The summed E-state index contributed by atoms with van der Waals surface area (Å²) in [5, 5.41) is 14.9. The Morgan fingerprint density at radius 3 is 2.56 bits per heavy atom. The van der Waals surface area contributed by atoms with Gasteiger partial charge in [-0.3, -0.25) is 4.98 Å². The molecule has 0 saturated heterocycles. The Hall–Kier alpha value is -3.23. The van der Waals surface area contributed by atoms with Gasteiger partial charge in [-0.15, -0.1) is 0 Å². The fourth-order valence-corrected chi connectivity index (χ4v) is 5.66. The van der Waals surface area contributed by atoms with Crippen molar-refractivity contribution >= 4 is 5.52 Å². The quantitative estimate of drug-likeness (QED) is 0.423. The van der Waals surface area contributed by atoms with E-state index < -0.39 is 17.7 Å². The van der Waals surface area contributed by atoms with Crippen molar-refractivity contribution < 1.29 is 13.9 Å². The molecular weight excluding hydrogens is 460 g/mol. The van der Waals surface area contributed by atoms with Crippen molar-refractivity contribution in [2.24, 2.45) is 11.7 Å². The van der Waals surface area contributed by atoms with Crippen LogP contribution in [0, 0.1) is 17.6 Å². The molecule has 0 unspecified atom stereocenters. The highest BCUT2D eigenvalue weighted by Gasteiger charge is 2.34. The van der Waals surface area contributed by atoms with Gasteiger partial charge >= 0.3 is 0 Å². The highest BCUT2D eigenvalue weighted by molar-refractivity contribution is 5.63. The maximum absolute atomic E-state index is 15.0. The summed E-state index contributed by atoms with van der Waals surface area (Å²) in [5.41, 5.74) is 9.94. The molecule has 3 heterocycles. The number of fused-ring (bicyclic) bond motifs is 1. The van der Waals surface area contributed by atoms with Crippen molar-refractivity contribution in [2.75, 3.05) is 0 Å². The lowest BCUT2D eigenvalue weighted by atomic mass is 9.74. The normalized spacial score (nSPS) is 24.4. The second kappa shape index (κ2) is 9.01. The topological polar surface area (TPSA) is 89.3 Å². The van der Waals surface area contributed by atoms with Gasteiger partial charge in [0, 0.05) is 24.9 Å². The zero-order chi connectivity index (χ0) is 25.0. The number of rotatable bonds is 5. The molecule has 36 heavy (non-hydrogen) atoms. The molecule has 1 aromatic carbocycles. The van der Waals surface area contributed by atoms with E-state index in [1.165, 1.54) is 12.1 Å². The van der Waals surface area contributed by atoms with E-state index in [1.54, 1.807) is 29.0 Å². The Kier molecular flexibility index (Phi) is 5.80. The predicted octanol–water partition coefficient (Wildman–Crippen LogP) is 4.74. The van der Waals surface area contributed by atoms with Gasteiger partial charge in [-0.25, -0.2) is 18.3 Å². The molecule has 6 nitrogen and oxygen atoms in total. The van der Waals surface area contributed by atoms with Crippen LogP contribution < -0.4 is 5.73 Å². The number of imidazole rings is 1. The smallest absolute Gasteiger partial charge is 0.135 e. The van der Waals surface area contributed by atoms with Gasteiger partial charge in [-0.2, -0.15) is 5.10 Å². The summed E-state index contributed by atoms with van der Waals surface area (Å²) in [4.78, 5) is 8.90. The molecular formula is C28H29F2N5O. The minimum Gasteiger partial charge on any atom is -0.391 e. The molecule has 0 spiro atoms. The van der Waals surface area contributed by atoms with Crippen LogP contribution >= 0.6 is 0 Å². The first-order valence-corrected chi connectivity index (χ1v) is 12.6. The second-order valence-electron chi connectivity index (χ2n) is 10.4. The molecule has 2 fully saturated rings. The van der Waals surface area contributed by atoms with E-state index in [2.05, 4.69) is 15.1 Å². The third kappa shape index (κ3) is 4.18. The van der Waals surface area contributed by atoms with Crippen molar-refractivity contribution in [1.29, 1.82) is 0 Å². The average Bonchev–Trinajstić information content (AvgIpc) is 3.64. The zero-order valence-corrected chi connectivity index (χ0v) is 20.1. The summed E-state index contributed by atoms with van der Waals surface area (Å²) in [6.07, 6.45) is 8.77. The predicted molar refractivity (Wildman–Crippen MR) is 132 cm³/mol. The SMILES string of the molecule is C[C@H]1C[C@@H](c2ccncc2Cc2ncc3ccc(-c4c(F)cc(C5CC5)cc4F)nn23)C[C@@H](N)[C@@H]1O. The maximum atomic E-state index is 15.0. The van der Waals surface area contributed by atoms with Crippen molar-refractivity contribution in [3.05, 3.63) is 83.1 Å². The average molecular weight is 490 g/mol. The van der Waals surface area contributed by atoms with Gasteiger partial charge in [-0.05, 0) is 90.5 Å². The first kappa shape index (κ1) is 23.2. The lowest BCUT2D eigenvalue weighted by Crippen LogP contribution is -2.44. The fourth-order valence-electron chi connectivity index (χ4n) is 5.66. The highest BCUT2D eigenvalue weighted by Crippen LogP contribution is 2.42. The first-order chi connectivity index (χ1) is 17.4. The Bertz CT molecular complexity index is 1400.